The molecule has 1 aromatic carbocycles. The van der Waals surface area contributed by atoms with Gasteiger partial charge < -0.3 is 13.9 Å². The number of hydrogen-bond donors (Lipinski definition) is 0. The van der Waals surface area contributed by atoms with Gasteiger partial charge in [0.15, 0.2) is 0 Å². The molecule has 7 nitrogen and oxygen atoms in total. The number of aromatic nitrogens is 4. The topological polar surface area (TPSA) is 63.2 Å². The van der Waals surface area contributed by atoms with Crippen molar-refractivity contribution in [3.05, 3.63) is 48.1 Å². The Morgan fingerprint density at radius 1 is 1.04 bits per heavy atom. The van der Waals surface area contributed by atoms with Crippen LogP contribution in [0.4, 0.5) is 5.95 Å². The molecular formula is C18H22N6O. The summed E-state index contributed by atoms with van der Waals surface area (Å²) in [4.78, 5) is 9.07. The van der Waals surface area contributed by atoms with E-state index in [-0.39, 0.29) is 0 Å². The molecular weight excluding hydrogens is 316 g/mol. The van der Waals surface area contributed by atoms with Crippen molar-refractivity contribution in [1.82, 2.24) is 24.6 Å². The zero-order chi connectivity index (χ0) is 17.2. The first kappa shape index (κ1) is 15.8. The van der Waals surface area contributed by atoms with Crippen molar-refractivity contribution in [2.45, 2.75) is 13.5 Å². The van der Waals surface area contributed by atoms with E-state index < -0.39 is 0 Å². The number of anilines is 1. The molecule has 3 heterocycles. The largest absolute Gasteiger partial charge is 0.440 e. The first-order valence-electron chi connectivity index (χ1n) is 8.54. The summed E-state index contributed by atoms with van der Waals surface area (Å²) in [6.45, 7) is 6.56. The van der Waals surface area contributed by atoms with Gasteiger partial charge in [-0.2, -0.15) is 0 Å². The molecule has 130 valence electrons. The molecule has 1 aliphatic rings. The lowest BCUT2D eigenvalue weighted by Crippen LogP contribution is -2.46. The highest BCUT2D eigenvalue weighted by atomic mass is 16.4. The fourth-order valence-electron chi connectivity index (χ4n) is 3.09. The number of rotatable bonds is 4. The highest BCUT2D eigenvalue weighted by Crippen LogP contribution is 2.20. The van der Waals surface area contributed by atoms with E-state index in [1.54, 1.807) is 0 Å². The Morgan fingerprint density at radius 2 is 1.80 bits per heavy atom. The van der Waals surface area contributed by atoms with Gasteiger partial charge in [-0.25, -0.2) is 4.98 Å². The molecule has 4 rings (SSSR count). The Hall–Kier alpha value is -2.67. The van der Waals surface area contributed by atoms with Crippen molar-refractivity contribution >= 4 is 5.95 Å². The molecule has 25 heavy (non-hydrogen) atoms. The van der Waals surface area contributed by atoms with Gasteiger partial charge in [0.05, 0.1) is 12.7 Å². The second-order valence-electron chi connectivity index (χ2n) is 6.37. The average Bonchev–Trinajstić information content (AvgIpc) is 3.24. The van der Waals surface area contributed by atoms with Gasteiger partial charge in [-0.3, -0.25) is 4.90 Å². The Kier molecular flexibility index (Phi) is 4.23. The molecule has 7 heteroatoms. The summed E-state index contributed by atoms with van der Waals surface area (Å²) < 4.78 is 7.95. The Morgan fingerprint density at radius 3 is 2.48 bits per heavy atom. The number of nitrogens with zero attached hydrogens (tertiary/aromatic N) is 6. The maximum atomic E-state index is 5.91. The minimum Gasteiger partial charge on any atom is -0.440 e. The first-order valence-corrected chi connectivity index (χ1v) is 8.54. The van der Waals surface area contributed by atoms with Crippen LogP contribution in [0.2, 0.25) is 0 Å². The minimum absolute atomic E-state index is 0.684. The molecule has 0 aliphatic carbocycles. The lowest BCUT2D eigenvalue weighted by atomic mass is 10.2. The van der Waals surface area contributed by atoms with Crippen LogP contribution in [-0.4, -0.2) is 50.8 Å². The monoisotopic (exact) mass is 338 g/mol. The van der Waals surface area contributed by atoms with E-state index in [2.05, 4.69) is 25.0 Å². The number of oxazole rings is 1. The average molecular weight is 338 g/mol. The molecule has 0 saturated carbocycles. The Bertz CT molecular complexity index is 832. The standard InChI is InChI=1S/C18H22N6O/c1-14-20-21-18(22(14)2)24-10-8-23(9-11-24)13-16-12-19-17(25-16)15-6-4-3-5-7-15/h3-7,12H,8-11,13H2,1-2H3. The van der Waals surface area contributed by atoms with Crippen LogP contribution in [0.15, 0.2) is 40.9 Å². The maximum Gasteiger partial charge on any atom is 0.227 e. The number of piperazine rings is 1. The summed E-state index contributed by atoms with van der Waals surface area (Å²) in [5.74, 6) is 3.47. The maximum absolute atomic E-state index is 5.91. The zero-order valence-corrected chi connectivity index (χ0v) is 14.6. The molecule has 0 amide bonds. The molecule has 2 aromatic heterocycles. The van der Waals surface area contributed by atoms with Crippen molar-refractivity contribution in [2.75, 3.05) is 31.1 Å². The third-order valence-corrected chi connectivity index (χ3v) is 4.68. The molecule has 1 saturated heterocycles. The summed E-state index contributed by atoms with van der Waals surface area (Å²) in [5, 5.41) is 8.42. The third-order valence-electron chi connectivity index (χ3n) is 4.68. The van der Waals surface area contributed by atoms with Gasteiger partial charge in [0.2, 0.25) is 11.8 Å². The van der Waals surface area contributed by atoms with Crippen LogP contribution < -0.4 is 4.90 Å². The van der Waals surface area contributed by atoms with Crippen LogP contribution in [0, 0.1) is 6.92 Å². The van der Waals surface area contributed by atoms with Gasteiger partial charge in [-0.1, -0.05) is 18.2 Å². The van der Waals surface area contributed by atoms with E-state index in [0.29, 0.717) is 5.89 Å². The van der Waals surface area contributed by atoms with Gasteiger partial charge in [-0.05, 0) is 19.1 Å². The summed E-state index contributed by atoms with van der Waals surface area (Å²) in [6, 6.07) is 10.00. The van der Waals surface area contributed by atoms with Crippen LogP contribution in [-0.2, 0) is 13.6 Å². The van der Waals surface area contributed by atoms with Crippen molar-refractivity contribution in [3.63, 3.8) is 0 Å². The van der Waals surface area contributed by atoms with Gasteiger partial charge in [-0.15, -0.1) is 10.2 Å². The van der Waals surface area contributed by atoms with Crippen molar-refractivity contribution in [2.24, 2.45) is 7.05 Å². The number of benzene rings is 1. The molecule has 3 aromatic rings. The highest BCUT2D eigenvalue weighted by Gasteiger charge is 2.22. The van der Waals surface area contributed by atoms with Gasteiger partial charge in [0.1, 0.15) is 11.6 Å². The molecule has 1 fully saturated rings. The lowest BCUT2D eigenvalue weighted by molar-refractivity contribution is 0.230. The molecule has 0 bridgehead atoms. The number of hydrogen-bond acceptors (Lipinski definition) is 6. The van der Waals surface area contributed by atoms with E-state index in [9.17, 15) is 0 Å². The SMILES string of the molecule is Cc1nnc(N2CCN(Cc3cnc(-c4ccccc4)o3)CC2)n1C. The smallest absolute Gasteiger partial charge is 0.227 e. The summed E-state index contributed by atoms with van der Waals surface area (Å²) in [5.41, 5.74) is 1.01. The molecule has 0 atom stereocenters. The normalized spacial score (nSPS) is 15.7. The van der Waals surface area contributed by atoms with Crippen molar-refractivity contribution < 1.29 is 4.42 Å². The van der Waals surface area contributed by atoms with Crippen LogP contribution in [0.3, 0.4) is 0 Å². The van der Waals surface area contributed by atoms with Crippen LogP contribution >= 0.6 is 0 Å². The second-order valence-corrected chi connectivity index (χ2v) is 6.37. The molecule has 0 radical (unpaired) electrons. The predicted molar refractivity (Wildman–Crippen MR) is 95.2 cm³/mol. The zero-order valence-electron chi connectivity index (χ0n) is 14.6. The van der Waals surface area contributed by atoms with Gasteiger partial charge >= 0.3 is 0 Å². The first-order chi connectivity index (χ1) is 12.2. The Balaban J connectivity index is 1.36. The van der Waals surface area contributed by atoms with E-state index in [4.69, 9.17) is 4.42 Å². The van der Waals surface area contributed by atoms with Crippen molar-refractivity contribution in [1.29, 1.82) is 0 Å². The highest BCUT2D eigenvalue weighted by molar-refractivity contribution is 5.52. The lowest BCUT2D eigenvalue weighted by Gasteiger charge is -2.34. The fourth-order valence-corrected chi connectivity index (χ4v) is 3.09. The molecule has 0 N–H and O–H groups in total. The van der Waals surface area contributed by atoms with E-state index in [0.717, 1.165) is 55.8 Å². The molecule has 0 unspecified atom stereocenters. The summed E-state index contributed by atoms with van der Waals surface area (Å²) in [6.07, 6.45) is 1.83. The number of aryl methyl sites for hydroxylation is 1. The quantitative estimate of drug-likeness (QED) is 0.726. The van der Waals surface area contributed by atoms with Crippen LogP contribution in [0.1, 0.15) is 11.6 Å². The van der Waals surface area contributed by atoms with Crippen LogP contribution in [0.5, 0.6) is 0 Å². The summed E-state index contributed by atoms with van der Waals surface area (Å²) >= 11 is 0. The minimum atomic E-state index is 0.684. The van der Waals surface area contributed by atoms with Gasteiger partial charge in [0.25, 0.3) is 0 Å². The Labute approximate surface area is 146 Å². The van der Waals surface area contributed by atoms with Gasteiger partial charge in [0, 0.05) is 38.8 Å². The molecule has 0 spiro atoms. The van der Waals surface area contributed by atoms with E-state index >= 15 is 0 Å². The van der Waals surface area contributed by atoms with Crippen LogP contribution in [0.25, 0.3) is 11.5 Å². The fraction of sp³-hybridized carbons (Fsp3) is 0.389. The predicted octanol–water partition coefficient (Wildman–Crippen LogP) is 2.10. The van der Waals surface area contributed by atoms with Crippen molar-refractivity contribution in [3.8, 4) is 11.5 Å². The van der Waals surface area contributed by atoms with E-state index in [1.807, 2.05) is 55.1 Å². The summed E-state index contributed by atoms with van der Waals surface area (Å²) in [7, 11) is 2.01. The third kappa shape index (κ3) is 3.28. The van der Waals surface area contributed by atoms with E-state index in [1.165, 1.54) is 0 Å². The second kappa shape index (κ2) is 6.68. The molecule has 1 aliphatic heterocycles.